The second-order valence-corrected chi connectivity index (χ2v) is 6.82. The van der Waals surface area contributed by atoms with Gasteiger partial charge in [0.1, 0.15) is 18.8 Å². The van der Waals surface area contributed by atoms with Gasteiger partial charge in [0.25, 0.3) is 0 Å². The van der Waals surface area contributed by atoms with E-state index in [-0.39, 0.29) is 13.2 Å². The van der Waals surface area contributed by atoms with Crippen molar-refractivity contribution in [1.29, 1.82) is 0 Å². The van der Waals surface area contributed by atoms with Crippen molar-refractivity contribution in [1.82, 2.24) is 5.32 Å². The lowest BCUT2D eigenvalue weighted by molar-refractivity contribution is 0.0177. The molecule has 0 heterocycles. The number of alkyl carbamates (subject to hydrolysis) is 1. The van der Waals surface area contributed by atoms with Gasteiger partial charge < -0.3 is 20.3 Å². The first-order valence-electron chi connectivity index (χ1n) is 7.96. The van der Waals surface area contributed by atoms with Gasteiger partial charge in [-0.3, -0.25) is 0 Å². The first kappa shape index (κ1) is 19.4. The number of hydrogen-bond acceptors (Lipinski definition) is 4. The second kappa shape index (κ2) is 8.99. The molecule has 0 aliphatic carbocycles. The highest BCUT2D eigenvalue weighted by molar-refractivity contribution is 9.10. The molecule has 0 aliphatic heterocycles. The van der Waals surface area contributed by atoms with Crippen LogP contribution in [0.15, 0.2) is 46.9 Å². The van der Waals surface area contributed by atoms with Crippen LogP contribution in [-0.4, -0.2) is 29.0 Å². The Balaban J connectivity index is 1.87. The number of carbonyl (C=O) groups is 1. The standard InChI is InChI=1S/C19H22BrNO4/c1-12-8-15(20)9-13(2)17(12)18(23)16(22)10-21-19(24)25-11-14-6-4-3-5-7-14/h3-9,16,18,22-23H,10-11H2,1-2H3,(H,21,24). The quantitative estimate of drug-likeness (QED) is 0.685. The summed E-state index contributed by atoms with van der Waals surface area (Å²) in [6.07, 6.45) is -2.87. The summed E-state index contributed by atoms with van der Waals surface area (Å²) in [5.41, 5.74) is 3.27. The minimum atomic E-state index is -1.14. The molecule has 134 valence electrons. The van der Waals surface area contributed by atoms with E-state index in [2.05, 4.69) is 21.2 Å². The third-order valence-electron chi connectivity index (χ3n) is 3.89. The lowest BCUT2D eigenvalue weighted by Gasteiger charge is -2.22. The minimum Gasteiger partial charge on any atom is -0.445 e. The summed E-state index contributed by atoms with van der Waals surface area (Å²) < 4.78 is 5.99. The highest BCUT2D eigenvalue weighted by Gasteiger charge is 2.23. The number of halogens is 1. The summed E-state index contributed by atoms with van der Waals surface area (Å²) >= 11 is 3.40. The van der Waals surface area contributed by atoms with Crippen molar-refractivity contribution in [3.8, 4) is 0 Å². The van der Waals surface area contributed by atoms with Crippen LogP contribution in [-0.2, 0) is 11.3 Å². The molecule has 2 aromatic carbocycles. The largest absolute Gasteiger partial charge is 0.445 e. The fourth-order valence-corrected chi connectivity index (χ4v) is 3.34. The molecule has 0 saturated heterocycles. The van der Waals surface area contributed by atoms with Gasteiger partial charge >= 0.3 is 6.09 Å². The zero-order chi connectivity index (χ0) is 18.4. The van der Waals surface area contributed by atoms with Gasteiger partial charge in [0.05, 0.1) is 0 Å². The molecule has 0 fully saturated rings. The summed E-state index contributed by atoms with van der Waals surface area (Å²) in [5, 5.41) is 23.1. The van der Waals surface area contributed by atoms with E-state index in [0.717, 1.165) is 21.2 Å². The Morgan fingerprint density at radius 2 is 1.76 bits per heavy atom. The second-order valence-electron chi connectivity index (χ2n) is 5.91. The molecule has 0 bridgehead atoms. The first-order valence-corrected chi connectivity index (χ1v) is 8.75. The topological polar surface area (TPSA) is 78.8 Å². The lowest BCUT2D eigenvalue weighted by atomic mass is 9.95. The maximum absolute atomic E-state index is 11.7. The van der Waals surface area contributed by atoms with Crippen LogP contribution in [0.2, 0.25) is 0 Å². The Labute approximate surface area is 155 Å². The number of ether oxygens (including phenoxy) is 1. The summed E-state index contributed by atoms with van der Waals surface area (Å²) in [6.45, 7) is 3.77. The predicted molar refractivity (Wildman–Crippen MR) is 99.2 cm³/mol. The number of hydrogen-bond donors (Lipinski definition) is 3. The normalized spacial score (nSPS) is 13.2. The molecule has 5 nitrogen and oxygen atoms in total. The SMILES string of the molecule is Cc1cc(Br)cc(C)c1C(O)C(O)CNC(=O)OCc1ccccc1. The van der Waals surface area contributed by atoms with Gasteiger partial charge in [-0.1, -0.05) is 46.3 Å². The molecule has 2 rings (SSSR count). The van der Waals surface area contributed by atoms with Crippen molar-refractivity contribution in [3.63, 3.8) is 0 Å². The molecule has 3 N–H and O–H groups in total. The van der Waals surface area contributed by atoms with E-state index in [4.69, 9.17) is 4.74 Å². The van der Waals surface area contributed by atoms with E-state index in [1.807, 2.05) is 56.3 Å². The highest BCUT2D eigenvalue weighted by Crippen LogP contribution is 2.27. The van der Waals surface area contributed by atoms with Crippen molar-refractivity contribution in [2.24, 2.45) is 0 Å². The number of aryl methyl sites for hydroxylation is 2. The zero-order valence-corrected chi connectivity index (χ0v) is 15.8. The van der Waals surface area contributed by atoms with E-state index in [1.165, 1.54) is 0 Å². The van der Waals surface area contributed by atoms with E-state index >= 15 is 0 Å². The summed E-state index contributed by atoms with van der Waals surface area (Å²) in [4.78, 5) is 11.7. The number of carbonyl (C=O) groups excluding carboxylic acids is 1. The predicted octanol–water partition coefficient (Wildman–Crippen LogP) is 3.39. The molecule has 2 aromatic rings. The third kappa shape index (κ3) is 5.56. The molecule has 0 aliphatic rings. The van der Waals surface area contributed by atoms with Crippen LogP contribution < -0.4 is 5.32 Å². The van der Waals surface area contributed by atoms with Crippen LogP contribution in [0.3, 0.4) is 0 Å². The number of nitrogens with one attached hydrogen (secondary N) is 1. The van der Waals surface area contributed by atoms with Crippen molar-refractivity contribution in [3.05, 3.63) is 69.2 Å². The average molecular weight is 408 g/mol. The molecule has 0 radical (unpaired) electrons. The maximum atomic E-state index is 11.7. The molecule has 1 amide bonds. The summed E-state index contributed by atoms with van der Waals surface area (Å²) in [6, 6.07) is 13.1. The van der Waals surface area contributed by atoms with Crippen molar-refractivity contribution >= 4 is 22.0 Å². The van der Waals surface area contributed by atoms with E-state index in [9.17, 15) is 15.0 Å². The van der Waals surface area contributed by atoms with E-state index < -0.39 is 18.3 Å². The number of aliphatic hydroxyl groups excluding tert-OH is 2. The molecule has 2 unspecified atom stereocenters. The molecule has 0 spiro atoms. The van der Waals surface area contributed by atoms with Crippen LogP contribution in [0.25, 0.3) is 0 Å². The Kier molecular flexibility index (Phi) is 6.99. The molecule has 25 heavy (non-hydrogen) atoms. The maximum Gasteiger partial charge on any atom is 0.407 e. The third-order valence-corrected chi connectivity index (χ3v) is 4.34. The first-order chi connectivity index (χ1) is 11.9. The molecule has 0 aromatic heterocycles. The fraction of sp³-hybridized carbons (Fsp3) is 0.316. The Morgan fingerprint density at radius 1 is 1.16 bits per heavy atom. The van der Waals surface area contributed by atoms with E-state index in [1.54, 1.807) is 0 Å². The summed E-state index contributed by atoms with van der Waals surface area (Å²) in [5.74, 6) is 0. The van der Waals surface area contributed by atoms with Crippen LogP contribution in [0, 0.1) is 13.8 Å². The van der Waals surface area contributed by atoms with Gasteiger partial charge in [-0.2, -0.15) is 0 Å². The van der Waals surface area contributed by atoms with Gasteiger partial charge in [0.15, 0.2) is 0 Å². The molecular weight excluding hydrogens is 386 g/mol. The Bertz CT molecular complexity index is 698. The molecule has 0 saturated carbocycles. The number of aliphatic hydroxyl groups is 2. The van der Waals surface area contributed by atoms with Crippen LogP contribution >= 0.6 is 15.9 Å². The van der Waals surface area contributed by atoms with Crippen molar-refractivity contribution < 1.29 is 19.7 Å². The molecular formula is C19H22BrNO4. The number of amides is 1. The van der Waals surface area contributed by atoms with Crippen LogP contribution in [0.5, 0.6) is 0 Å². The van der Waals surface area contributed by atoms with Gasteiger partial charge in [0, 0.05) is 11.0 Å². The number of benzene rings is 2. The van der Waals surface area contributed by atoms with Crippen molar-refractivity contribution in [2.75, 3.05) is 6.54 Å². The summed E-state index contributed by atoms with van der Waals surface area (Å²) in [7, 11) is 0. The molecule has 6 heteroatoms. The van der Waals surface area contributed by atoms with E-state index in [0.29, 0.717) is 5.56 Å². The minimum absolute atomic E-state index is 0.107. The molecule has 2 atom stereocenters. The Hall–Kier alpha value is -1.89. The van der Waals surface area contributed by atoms with Gasteiger partial charge in [0.2, 0.25) is 0 Å². The van der Waals surface area contributed by atoms with Crippen LogP contribution in [0.1, 0.15) is 28.4 Å². The zero-order valence-electron chi connectivity index (χ0n) is 14.2. The van der Waals surface area contributed by atoms with Crippen molar-refractivity contribution in [2.45, 2.75) is 32.7 Å². The smallest absolute Gasteiger partial charge is 0.407 e. The highest BCUT2D eigenvalue weighted by atomic mass is 79.9. The number of rotatable bonds is 6. The van der Waals surface area contributed by atoms with Gasteiger partial charge in [-0.15, -0.1) is 0 Å². The van der Waals surface area contributed by atoms with Gasteiger partial charge in [-0.05, 0) is 48.2 Å². The van der Waals surface area contributed by atoms with Gasteiger partial charge in [-0.25, -0.2) is 4.79 Å². The monoisotopic (exact) mass is 407 g/mol. The average Bonchev–Trinajstić information content (AvgIpc) is 2.57. The Morgan fingerprint density at radius 3 is 2.36 bits per heavy atom. The fourth-order valence-electron chi connectivity index (χ4n) is 2.65. The van der Waals surface area contributed by atoms with Crippen LogP contribution in [0.4, 0.5) is 4.79 Å². The lowest BCUT2D eigenvalue weighted by Crippen LogP contribution is -2.36.